The summed E-state index contributed by atoms with van der Waals surface area (Å²) in [6, 6.07) is 10.1. The summed E-state index contributed by atoms with van der Waals surface area (Å²) in [4.78, 5) is 12.8. The molecule has 1 fully saturated rings. The Labute approximate surface area is 161 Å². The molecule has 140 valence electrons. The molecule has 0 amide bonds. The maximum Gasteiger partial charge on any atom is 0.186 e. The van der Waals surface area contributed by atoms with Gasteiger partial charge in [0.25, 0.3) is 0 Å². The first-order valence-electron chi connectivity index (χ1n) is 8.29. The highest BCUT2D eigenvalue weighted by Gasteiger charge is 2.21. The maximum atomic E-state index is 12.8. The van der Waals surface area contributed by atoms with E-state index in [0.717, 1.165) is 11.1 Å². The minimum Gasteiger partial charge on any atom is -0.504 e. The summed E-state index contributed by atoms with van der Waals surface area (Å²) < 4.78 is 10.1. The molecule has 0 spiro atoms. The minimum atomic E-state index is -0.0284. The van der Waals surface area contributed by atoms with Crippen LogP contribution in [0.15, 0.2) is 47.5 Å². The second-order valence-electron chi connectivity index (χ2n) is 6.02. The van der Waals surface area contributed by atoms with Gasteiger partial charge in [-0.1, -0.05) is 12.1 Å². The zero-order valence-corrected chi connectivity index (χ0v) is 15.9. The van der Waals surface area contributed by atoms with E-state index in [4.69, 9.17) is 9.47 Å². The lowest BCUT2D eigenvalue weighted by molar-refractivity contribution is -0.112. The monoisotopic (exact) mass is 384 g/mol. The predicted molar refractivity (Wildman–Crippen MR) is 108 cm³/mol. The van der Waals surface area contributed by atoms with Crippen molar-refractivity contribution in [2.45, 2.75) is 0 Å². The number of methoxy groups -OCH3 is 2. The topological polar surface area (TPSA) is 76.0 Å². The third-order valence-corrected chi connectivity index (χ3v) is 5.22. The van der Waals surface area contributed by atoms with Crippen LogP contribution in [0.3, 0.4) is 0 Å². The molecular weight excluding hydrogens is 364 g/mol. The Balaban J connectivity index is 1.87. The SMILES string of the molecule is COc1ccc(C=C2CSCC(=Cc3ccc(OC)c(O)c3)C2=O)cc1O. The van der Waals surface area contributed by atoms with Gasteiger partial charge in [0.2, 0.25) is 0 Å². The van der Waals surface area contributed by atoms with Gasteiger partial charge in [0.1, 0.15) is 0 Å². The first-order chi connectivity index (χ1) is 13.0. The molecule has 0 aliphatic carbocycles. The zero-order chi connectivity index (χ0) is 19.4. The van der Waals surface area contributed by atoms with Crippen molar-refractivity contribution in [2.75, 3.05) is 25.7 Å². The Morgan fingerprint density at radius 2 is 1.30 bits per heavy atom. The van der Waals surface area contributed by atoms with Crippen molar-refractivity contribution in [2.24, 2.45) is 0 Å². The van der Waals surface area contributed by atoms with Crippen molar-refractivity contribution in [3.05, 3.63) is 58.7 Å². The largest absolute Gasteiger partial charge is 0.504 e. The van der Waals surface area contributed by atoms with E-state index in [0.29, 0.717) is 34.2 Å². The molecule has 5 nitrogen and oxygen atoms in total. The van der Waals surface area contributed by atoms with Gasteiger partial charge < -0.3 is 19.7 Å². The van der Waals surface area contributed by atoms with Crippen LogP contribution in [0.4, 0.5) is 0 Å². The Morgan fingerprint density at radius 3 is 1.67 bits per heavy atom. The van der Waals surface area contributed by atoms with Gasteiger partial charge in [0, 0.05) is 22.7 Å². The number of hydrogen-bond acceptors (Lipinski definition) is 6. The molecule has 2 aromatic rings. The lowest BCUT2D eigenvalue weighted by Crippen LogP contribution is -2.16. The average Bonchev–Trinajstić information content (AvgIpc) is 2.65. The molecule has 0 atom stereocenters. The van der Waals surface area contributed by atoms with Gasteiger partial charge in [-0.2, -0.15) is 11.8 Å². The molecule has 2 aromatic carbocycles. The van der Waals surface area contributed by atoms with E-state index in [1.807, 2.05) is 0 Å². The minimum absolute atomic E-state index is 0.0284. The molecule has 0 saturated carbocycles. The lowest BCUT2D eigenvalue weighted by atomic mass is 10.0. The summed E-state index contributed by atoms with van der Waals surface area (Å²) in [5.41, 5.74) is 2.81. The van der Waals surface area contributed by atoms with E-state index in [1.165, 1.54) is 14.2 Å². The molecule has 0 aromatic heterocycles. The second-order valence-corrected chi connectivity index (χ2v) is 7.01. The number of ether oxygens (including phenoxy) is 2. The molecule has 0 radical (unpaired) electrons. The van der Waals surface area contributed by atoms with Crippen LogP contribution >= 0.6 is 11.8 Å². The standard InChI is InChI=1S/C21H20O5S/c1-25-19-5-3-13(9-17(19)22)7-15-11-27-12-16(21(15)24)8-14-4-6-20(26-2)18(23)10-14/h3-10,22-23H,11-12H2,1-2H3. The van der Waals surface area contributed by atoms with Gasteiger partial charge in [-0.15, -0.1) is 0 Å². The van der Waals surface area contributed by atoms with E-state index < -0.39 is 0 Å². The molecule has 1 aliphatic rings. The zero-order valence-electron chi connectivity index (χ0n) is 15.1. The van der Waals surface area contributed by atoms with Crippen molar-refractivity contribution in [3.63, 3.8) is 0 Å². The fraction of sp³-hybridized carbons (Fsp3) is 0.190. The molecule has 3 rings (SSSR count). The number of aromatic hydroxyl groups is 2. The predicted octanol–water partition coefficient (Wildman–Crippen LogP) is 3.90. The van der Waals surface area contributed by atoms with Gasteiger partial charge in [-0.25, -0.2) is 0 Å². The number of phenolic OH excluding ortho intramolecular Hbond substituents is 2. The number of thioether (sulfide) groups is 1. The third kappa shape index (κ3) is 4.28. The highest BCUT2D eigenvalue weighted by atomic mass is 32.2. The molecular formula is C21H20O5S. The van der Waals surface area contributed by atoms with Crippen LogP contribution < -0.4 is 9.47 Å². The molecule has 1 aliphatic heterocycles. The number of carbonyl (C=O) groups excluding carboxylic acids is 1. The van der Waals surface area contributed by atoms with E-state index in [9.17, 15) is 15.0 Å². The smallest absolute Gasteiger partial charge is 0.186 e. The molecule has 27 heavy (non-hydrogen) atoms. The normalized spacial score (nSPS) is 17.3. The molecule has 0 unspecified atom stereocenters. The van der Waals surface area contributed by atoms with Gasteiger partial charge in [-0.3, -0.25) is 4.79 Å². The summed E-state index contributed by atoms with van der Waals surface area (Å²) in [5, 5.41) is 19.8. The number of carbonyl (C=O) groups is 1. The van der Waals surface area contributed by atoms with Crippen molar-refractivity contribution in [1.82, 2.24) is 0 Å². The van der Waals surface area contributed by atoms with Crippen molar-refractivity contribution < 1.29 is 24.5 Å². The average molecular weight is 384 g/mol. The van der Waals surface area contributed by atoms with Crippen LogP contribution in [0.25, 0.3) is 12.2 Å². The summed E-state index contributed by atoms with van der Waals surface area (Å²) in [7, 11) is 2.98. The summed E-state index contributed by atoms with van der Waals surface area (Å²) in [6.07, 6.45) is 3.57. The Bertz CT molecular complexity index is 857. The molecule has 1 saturated heterocycles. The number of Topliss-reactive ketones (excluding diaryl/α,β-unsaturated/α-hetero) is 1. The maximum absolute atomic E-state index is 12.8. The van der Waals surface area contributed by atoms with Crippen LogP contribution in [0.1, 0.15) is 11.1 Å². The van der Waals surface area contributed by atoms with Gasteiger partial charge in [0.05, 0.1) is 14.2 Å². The molecule has 0 bridgehead atoms. The van der Waals surface area contributed by atoms with Crippen molar-refractivity contribution in [3.8, 4) is 23.0 Å². The number of hydrogen-bond donors (Lipinski definition) is 2. The van der Waals surface area contributed by atoms with E-state index >= 15 is 0 Å². The molecule has 1 heterocycles. The summed E-state index contributed by atoms with van der Waals surface area (Å²) in [5.74, 6) is 2.04. The summed E-state index contributed by atoms with van der Waals surface area (Å²) >= 11 is 1.65. The lowest BCUT2D eigenvalue weighted by Gasteiger charge is -2.16. The number of rotatable bonds is 4. The van der Waals surface area contributed by atoms with Crippen molar-refractivity contribution in [1.29, 1.82) is 0 Å². The first kappa shape index (κ1) is 18.9. The second kappa shape index (κ2) is 8.22. The quantitative estimate of drug-likeness (QED) is 0.779. The van der Waals surface area contributed by atoms with Crippen LogP contribution in [-0.2, 0) is 4.79 Å². The number of phenols is 2. The van der Waals surface area contributed by atoms with Crippen LogP contribution in [0.2, 0.25) is 0 Å². The van der Waals surface area contributed by atoms with E-state index in [2.05, 4.69) is 0 Å². The van der Waals surface area contributed by atoms with E-state index in [-0.39, 0.29) is 17.3 Å². The Hall–Kier alpha value is -2.86. The fourth-order valence-corrected chi connectivity index (χ4v) is 3.79. The fourth-order valence-electron chi connectivity index (χ4n) is 2.82. The van der Waals surface area contributed by atoms with Crippen LogP contribution in [-0.4, -0.2) is 41.7 Å². The summed E-state index contributed by atoms with van der Waals surface area (Å²) in [6.45, 7) is 0. The van der Waals surface area contributed by atoms with Crippen LogP contribution in [0, 0.1) is 0 Å². The number of ketones is 1. The highest BCUT2D eigenvalue weighted by Crippen LogP contribution is 2.32. The van der Waals surface area contributed by atoms with Gasteiger partial charge >= 0.3 is 0 Å². The van der Waals surface area contributed by atoms with Crippen molar-refractivity contribution >= 4 is 29.7 Å². The molecule has 2 N–H and O–H groups in total. The van der Waals surface area contributed by atoms with E-state index in [1.54, 1.807) is 60.3 Å². The highest BCUT2D eigenvalue weighted by molar-refractivity contribution is 7.99. The Morgan fingerprint density at radius 1 is 0.852 bits per heavy atom. The third-order valence-electron chi connectivity index (χ3n) is 4.19. The van der Waals surface area contributed by atoms with Gasteiger partial charge in [0.15, 0.2) is 28.8 Å². The Kier molecular flexibility index (Phi) is 5.76. The van der Waals surface area contributed by atoms with Crippen LogP contribution in [0.5, 0.6) is 23.0 Å². The molecule has 6 heteroatoms. The number of benzene rings is 2. The first-order valence-corrected chi connectivity index (χ1v) is 9.45. The van der Waals surface area contributed by atoms with Gasteiger partial charge in [-0.05, 0) is 47.5 Å².